The molecule has 0 aromatic heterocycles. The number of nitrogens with one attached hydrogen (secondary N) is 2. The summed E-state index contributed by atoms with van der Waals surface area (Å²) in [4.78, 5) is 13.0. The van der Waals surface area contributed by atoms with Crippen molar-refractivity contribution < 1.29 is 13.3 Å². The maximum Gasteiger partial charge on any atom is 0.293 e. The molecule has 1 fully saturated rings. The molecule has 0 radical (unpaired) electrons. The molecule has 2 aromatic rings. The Morgan fingerprint density at radius 1 is 1.28 bits per heavy atom. The maximum atomic E-state index is 11.9. The molecule has 1 aliphatic heterocycles. The summed E-state index contributed by atoms with van der Waals surface area (Å²) in [6, 6.07) is 9.69. The minimum Gasteiger partial charge on any atom is -0.379 e. The molecule has 1 heterocycles. The molecule has 1 atom stereocenters. The number of halogens is 1. The first-order chi connectivity index (χ1) is 13.7. The molecule has 0 amide bonds. The van der Waals surface area contributed by atoms with Crippen LogP contribution in [0, 0.1) is 23.0 Å². The van der Waals surface area contributed by atoms with E-state index < -0.39 is 14.9 Å². The van der Waals surface area contributed by atoms with Crippen molar-refractivity contribution in [2.75, 3.05) is 36.9 Å². The van der Waals surface area contributed by atoms with E-state index in [4.69, 9.17) is 11.6 Å². The van der Waals surface area contributed by atoms with Crippen LogP contribution in [0.25, 0.3) is 0 Å². The molecule has 0 saturated carbocycles. The Hall–Kier alpha value is -2.36. The van der Waals surface area contributed by atoms with Crippen LogP contribution >= 0.6 is 11.6 Å². The third-order valence-corrected chi connectivity index (χ3v) is 6.77. The predicted molar refractivity (Wildman–Crippen MR) is 114 cm³/mol. The van der Waals surface area contributed by atoms with Gasteiger partial charge >= 0.3 is 0 Å². The lowest BCUT2D eigenvalue weighted by Gasteiger charge is -2.21. The number of nitro groups is 1. The van der Waals surface area contributed by atoms with Gasteiger partial charge in [0.1, 0.15) is 5.69 Å². The minimum absolute atomic E-state index is 0.138. The zero-order chi connectivity index (χ0) is 21.2. The zero-order valence-electron chi connectivity index (χ0n) is 16.2. The third-order valence-electron chi connectivity index (χ3n) is 5.12. The highest BCUT2D eigenvalue weighted by atomic mass is 35.5. The number of anilines is 2. The standard InChI is InChI=1S/C19H23ClN4O4S/c1-13-3-4-15(20)9-18(13)23-8-7-14(12-23)11-22-17-6-5-16(29(27,28)21-2)10-19(17)24(25)26/h3-6,9-10,14,21-22H,7-8,11-12H2,1-2H3. The Bertz CT molecular complexity index is 1030. The van der Waals surface area contributed by atoms with Gasteiger partial charge in [-0.25, -0.2) is 13.1 Å². The number of nitrogens with zero attached hydrogens (tertiary/aromatic N) is 2. The van der Waals surface area contributed by atoms with Gasteiger partial charge in [-0.1, -0.05) is 17.7 Å². The molecular weight excluding hydrogens is 416 g/mol. The molecule has 3 rings (SSSR count). The van der Waals surface area contributed by atoms with Gasteiger partial charge in [-0.2, -0.15) is 0 Å². The van der Waals surface area contributed by atoms with Crippen LogP contribution in [0.15, 0.2) is 41.3 Å². The molecule has 1 aliphatic rings. The molecule has 1 unspecified atom stereocenters. The van der Waals surface area contributed by atoms with Crippen LogP contribution in [0.1, 0.15) is 12.0 Å². The van der Waals surface area contributed by atoms with Crippen molar-refractivity contribution in [2.24, 2.45) is 5.92 Å². The Morgan fingerprint density at radius 2 is 2.03 bits per heavy atom. The van der Waals surface area contributed by atoms with E-state index in [0.717, 1.165) is 36.8 Å². The van der Waals surface area contributed by atoms with E-state index in [2.05, 4.69) is 14.9 Å². The van der Waals surface area contributed by atoms with Gasteiger partial charge in [-0.3, -0.25) is 10.1 Å². The van der Waals surface area contributed by atoms with Crippen LogP contribution in [0.2, 0.25) is 5.02 Å². The van der Waals surface area contributed by atoms with Gasteiger partial charge in [0.25, 0.3) is 5.69 Å². The highest BCUT2D eigenvalue weighted by Crippen LogP contribution is 2.31. The third kappa shape index (κ3) is 4.80. The molecular formula is C19H23ClN4O4S. The van der Waals surface area contributed by atoms with Crippen LogP contribution in [0.3, 0.4) is 0 Å². The summed E-state index contributed by atoms with van der Waals surface area (Å²) in [5.74, 6) is 0.300. The predicted octanol–water partition coefficient (Wildman–Crippen LogP) is 3.40. The molecule has 29 heavy (non-hydrogen) atoms. The van der Waals surface area contributed by atoms with E-state index in [1.165, 1.54) is 19.2 Å². The summed E-state index contributed by atoms with van der Waals surface area (Å²) in [6.07, 6.45) is 0.943. The highest BCUT2D eigenvalue weighted by molar-refractivity contribution is 7.89. The molecule has 2 aromatic carbocycles. The largest absolute Gasteiger partial charge is 0.379 e. The summed E-state index contributed by atoms with van der Waals surface area (Å²) < 4.78 is 26.0. The number of sulfonamides is 1. The van der Waals surface area contributed by atoms with Crippen LogP contribution in [-0.2, 0) is 10.0 Å². The highest BCUT2D eigenvalue weighted by Gasteiger charge is 2.25. The number of benzene rings is 2. The van der Waals surface area contributed by atoms with Crippen LogP contribution in [0.4, 0.5) is 17.1 Å². The molecule has 8 nitrogen and oxygen atoms in total. The molecule has 0 spiro atoms. The first kappa shape index (κ1) is 21.4. The van der Waals surface area contributed by atoms with Crippen molar-refractivity contribution in [3.05, 3.63) is 57.1 Å². The summed E-state index contributed by atoms with van der Waals surface area (Å²) in [6.45, 7) is 4.29. The molecule has 2 N–H and O–H groups in total. The second-order valence-electron chi connectivity index (χ2n) is 7.06. The molecule has 0 bridgehead atoms. The van der Waals surface area contributed by atoms with Gasteiger partial charge in [0.15, 0.2) is 0 Å². The van der Waals surface area contributed by atoms with E-state index in [1.54, 1.807) is 0 Å². The van der Waals surface area contributed by atoms with Crippen molar-refractivity contribution in [1.29, 1.82) is 0 Å². The fourth-order valence-corrected chi connectivity index (χ4v) is 4.41. The first-order valence-corrected chi connectivity index (χ1v) is 11.0. The maximum absolute atomic E-state index is 11.9. The van der Waals surface area contributed by atoms with E-state index in [0.29, 0.717) is 23.2 Å². The molecule has 1 saturated heterocycles. The summed E-state index contributed by atoms with van der Waals surface area (Å²) >= 11 is 6.13. The molecule has 0 aliphatic carbocycles. The van der Waals surface area contributed by atoms with E-state index in [-0.39, 0.29) is 10.6 Å². The van der Waals surface area contributed by atoms with E-state index in [9.17, 15) is 18.5 Å². The van der Waals surface area contributed by atoms with Gasteiger partial charge in [0.05, 0.1) is 9.82 Å². The first-order valence-electron chi connectivity index (χ1n) is 9.18. The average Bonchev–Trinajstić information content (AvgIpc) is 3.16. The Kier molecular flexibility index (Phi) is 6.30. The second-order valence-corrected chi connectivity index (χ2v) is 9.38. The van der Waals surface area contributed by atoms with Crippen molar-refractivity contribution in [3.8, 4) is 0 Å². The lowest BCUT2D eigenvalue weighted by Crippen LogP contribution is -2.23. The van der Waals surface area contributed by atoms with Crippen molar-refractivity contribution in [1.82, 2.24) is 4.72 Å². The number of hydrogen-bond acceptors (Lipinski definition) is 6. The Balaban J connectivity index is 1.70. The van der Waals surface area contributed by atoms with E-state index in [1.807, 2.05) is 25.1 Å². The average molecular weight is 439 g/mol. The second kappa shape index (κ2) is 8.56. The van der Waals surface area contributed by atoms with Gasteiger partial charge in [0, 0.05) is 36.4 Å². The fraction of sp³-hybridized carbons (Fsp3) is 0.368. The van der Waals surface area contributed by atoms with Gasteiger partial charge in [0.2, 0.25) is 10.0 Å². The van der Waals surface area contributed by atoms with Crippen molar-refractivity contribution in [3.63, 3.8) is 0 Å². The van der Waals surface area contributed by atoms with Gasteiger partial charge in [-0.05, 0) is 56.1 Å². The quantitative estimate of drug-likeness (QED) is 0.507. The van der Waals surface area contributed by atoms with E-state index >= 15 is 0 Å². The summed E-state index contributed by atoms with van der Waals surface area (Å²) in [7, 11) is -2.48. The lowest BCUT2D eigenvalue weighted by atomic mass is 10.1. The van der Waals surface area contributed by atoms with Crippen LogP contribution < -0.4 is 14.9 Å². The van der Waals surface area contributed by atoms with Gasteiger partial charge < -0.3 is 10.2 Å². The monoisotopic (exact) mass is 438 g/mol. The summed E-state index contributed by atoms with van der Waals surface area (Å²) in [5, 5.41) is 15.2. The number of rotatable bonds is 7. The van der Waals surface area contributed by atoms with Gasteiger partial charge in [-0.15, -0.1) is 0 Å². The fourth-order valence-electron chi connectivity index (χ4n) is 3.49. The Morgan fingerprint density at radius 3 is 2.72 bits per heavy atom. The van der Waals surface area contributed by atoms with Crippen LogP contribution in [0.5, 0.6) is 0 Å². The minimum atomic E-state index is -3.75. The summed E-state index contributed by atoms with van der Waals surface area (Å²) in [5.41, 5.74) is 2.30. The van der Waals surface area contributed by atoms with Crippen LogP contribution in [-0.4, -0.2) is 40.0 Å². The number of nitro benzene ring substituents is 1. The lowest BCUT2D eigenvalue weighted by molar-refractivity contribution is -0.384. The zero-order valence-corrected chi connectivity index (χ0v) is 17.8. The molecule has 10 heteroatoms. The van der Waals surface area contributed by atoms with Crippen molar-refractivity contribution >= 4 is 38.7 Å². The number of aryl methyl sites for hydroxylation is 1. The molecule has 156 valence electrons. The SMILES string of the molecule is CNS(=O)(=O)c1ccc(NCC2CCN(c3cc(Cl)ccc3C)C2)c([N+](=O)[O-])c1. The number of hydrogen-bond donors (Lipinski definition) is 2. The normalized spacial score (nSPS) is 16.8. The smallest absolute Gasteiger partial charge is 0.293 e. The van der Waals surface area contributed by atoms with Crippen molar-refractivity contribution in [2.45, 2.75) is 18.2 Å². The Labute approximate surface area is 175 Å². The topological polar surface area (TPSA) is 105 Å².